The third kappa shape index (κ3) is 6.60. The lowest BCUT2D eigenvalue weighted by atomic mass is 9.99. The van der Waals surface area contributed by atoms with Crippen molar-refractivity contribution in [3.05, 3.63) is 112 Å². The maximum absolute atomic E-state index is 13.5. The molecule has 206 valence electrons. The molecule has 10 heteroatoms. The van der Waals surface area contributed by atoms with Gasteiger partial charge in [-0.15, -0.1) is 0 Å². The summed E-state index contributed by atoms with van der Waals surface area (Å²) in [6.07, 6.45) is -4.37. The van der Waals surface area contributed by atoms with Crippen molar-refractivity contribution in [2.24, 2.45) is 0 Å². The van der Waals surface area contributed by atoms with Crippen LogP contribution in [0.25, 0.3) is 22.3 Å². The SMILES string of the molecule is COC(=O)C(Cc1ccc(-c2ccc(F)c(Cl)c2)cc1)NC(=O)c1cc(-c2ccc(C(F)(F)F)cc2)ccc1N. The van der Waals surface area contributed by atoms with Crippen LogP contribution in [0, 0.1) is 5.82 Å². The summed E-state index contributed by atoms with van der Waals surface area (Å²) in [6.45, 7) is 0. The molecule has 0 spiro atoms. The molecule has 1 amide bonds. The molecule has 0 aliphatic rings. The molecule has 0 heterocycles. The topological polar surface area (TPSA) is 81.4 Å². The number of nitrogens with one attached hydrogen (secondary N) is 1. The van der Waals surface area contributed by atoms with Gasteiger partial charge in [0.05, 0.1) is 23.3 Å². The van der Waals surface area contributed by atoms with Gasteiger partial charge in [-0.1, -0.05) is 60.1 Å². The summed E-state index contributed by atoms with van der Waals surface area (Å²) >= 11 is 5.88. The zero-order valence-electron chi connectivity index (χ0n) is 21.1. The molecule has 4 rings (SSSR count). The first-order valence-electron chi connectivity index (χ1n) is 12.0. The third-order valence-electron chi connectivity index (χ3n) is 6.28. The van der Waals surface area contributed by atoms with Crippen LogP contribution >= 0.6 is 11.6 Å². The molecule has 40 heavy (non-hydrogen) atoms. The molecule has 3 N–H and O–H groups in total. The largest absolute Gasteiger partial charge is 0.467 e. The van der Waals surface area contributed by atoms with Crippen molar-refractivity contribution in [2.75, 3.05) is 12.8 Å². The van der Waals surface area contributed by atoms with Crippen molar-refractivity contribution in [3.8, 4) is 22.3 Å². The Morgan fingerprint density at radius 3 is 2.00 bits per heavy atom. The molecule has 0 aliphatic carbocycles. The molecule has 0 aliphatic heterocycles. The normalized spacial score (nSPS) is 12.1. The molecule has 0 saturated carbocycles. The van der Waals surface area contributed by atoms with Gasteiger partial charge in [0.1, 0.15) is 11.9 Å². The quantitative estimate of drug-likeness (QED) is 0.143. The van der Waals surface area contributed by atoms with E-state index < -0.39 is 35.5 Å². The Kier molecular flexibility index (Phi) is 8.44. The van der Waals surface area contributed by atoms with Gasteiger partial charge >= 0.3 is 12.1 Å². The van der Waals surface area contributed by atoms with E-state index in [0.29, 0.717) is 22.3 Å². The van der Waals surface area contributed by atoms with Gasteiger partial charge in [0.15, 0.2) is 0 Å². The summed E-state index contributed by atoms with van der Waals surface area (Å²) in [6, 6.07) is 19.4. The first kappa shape index (κ1) is 28.6. The average Bonchev–Trinajstić information content (AvgIpc) is 2.94. The zero-order valence-corrected chi connectivity index (χ0v) is 21.8. The second-order valence-electron chi connectivity index (χ2n) is 8.96. The van der Waals surface area contributed by atoms with Crippen LogP contribution in [0.4, 0.5) is 23.2 Å². The summed E-state index contributed by atoms with van der Waals surface area (Å²) in [4.78, 5) is 25.7. The summed E-state index contributed by atoms with van der Waals surface area (Å²) in [7, 11) is 1.20. The fourth-order valence-corrected chi connectivity index (χ4v) is 4.28. The Bertz CT molecular complexity index is 1540. The number of anilines is 1. The third-order valence-corrected chi connectivity index (χ3v) is 6.57. The van der Waals surface area contributed by atoms with Crippen molar-refractivity contribution in [1.82, 2.24) is 5.32 Å². The molecule has 1 atom stereocenters. The van der Waals surface area contributed by atoms with Gasteiger partial charge in [-0.2, -0.15) is 13.2 Å². The maximum atomic E-state index is 13.5. The molecular weight excluding hydrogens is 548 g/mol. The minimum Gasteiger partial charge on any atom is -0.467 e. The maximum Gasteiger partial charge on any atom is 0.416 e. The van der Waals surface area contributed by atoms with Gasteiger partial charge in [0.2, 0.25) is 0 Å². The average molecular weight is 571 g/mol. The van der Waals surface area contributed by atoms with Gasteiger partial charge < -0.3 is 15.8 Å². The summed E-state index contributed by atoms with van der Waals surface area (Å²) in [5.74, 6) is -1.86. The van der Waals surface area contributed by atoms with Crippen molar-refractivity contribution >= 4 is 29.2 Å². The molecular formula is C30H23ClF4N2O3. The number of nitrogen functional groups attached to an aromatic ring is 1. The number of halogens is 5. The van der Waals surface area contributed by atoms with E-state index in [9.17, 15) is 27.2 Å². The number of hydrogen-bond acceptors (Lipinski definition) is 4. The number of carbonyl (C=O) groups is 2. The van der Waals surface area contributed by atoms with Crippen LogP contribution in [-0.4, -0.2) is 25.0 Å². The highest BCUT2D eigenvalue weighted by Crippen LogP contribution is 2.32. The molecule has 5 nitrogen and oxygen atoms in total. The fourth-order valence-electron chi connectivity index (χ4n) is 4.10. The van der Waals surface area contributed by atoms with Crippen LogP contribution in [0.15, 0.2) is 84.9 Å². The van der Waals surface area contributed by atoms with Gasteiger partial charge in [-0.25, -0.2) is 9.18 Å². The lowest BCUT2D eigenvalue weighted by Gasteiger charge is -2.18. The molecule has 0 bridgehead atoms. The highest BCUT2D eigenvalue weighted by molar-refractivity contribution is 6.31. The molecule has 0 fully saturated rings. The highest BCUT2D eigenvalue weighted by Gasteiger charge is 2.30. The van der Waals surface area contributed by atoms with Crippen LogP contribution in [-0.2, 0) is 22.1 Å². The van der Waals surface area contributed by atoms with Gasteiger partial charge in [0, 0.05) is 12.1 Å². The van der Waals surface area contributed by atoms with Crippen LogP contribution < -0.4 is 11.1 Å². The van der Waals surface area contributed by atoms with Gasteiger partial charge in [-0.05, 0) is 64.2 Å². The van der Waals surface area contributed by atoms with Crippen molar-refractivity contribution < 1.29 is 31.9 Å². The zero-order chi connectivity index (χ0) is 29.0. The van der Waals surface area contributed by atoms with Crippen LogP contribution in [0.2, 0.25) is 5.02 Å². The van der Waals surface area contributed by atoms with E-state index in [0.717, 1.165) is 17.7 Å². The number of amides is 1. The van der Waals surface area contributed by atoms with E-state index in [1.807, 2.05) is 0 Å². The molecule has 4 aromatic carbocycles. The molecule has 0 aromatic heterocycles. The predicted molar refractivity (Wildman–Crippen MR) is 145 cm³/mol. The van der Waals surface area contributed by atoms with Crippen LogP contribution in [0.1, 0.15) is 21.5 Å². The summed E-state index contributed by atoms with van der Waals surface area (Å²) in [5.41, 5.74) is 8.52. The van der Waals surface area contributed by atoms with Gasteiger partial charge in [-0.3, -0.25) is 4.79 Å². The summed E-state index contributed by atoms with van der Waals surface area (Å²) < 4.78 is 57.1. The number of esters is 1. The Hall–Kier alpha value is -4.37. The number of hydrogen-bond donors (Lipinski definition) is 2. The van der Waals surface area contributed by atoms with E-state index >= 15 is 0 Å². The Morgan fingerprint density at radius 1 is 0.875 bits per heavy atom. The molecule has 0 saturated heterocycles. The monoisotopic (exact) mass is 570 g/mol. The van der Waals surface area contributed by atoms with Crippen LogP contribution in [0.5, 0.6) is 0 Å². The van der Waals surface area contributed by atoms with E-state index in [2.05, 4.69) is 5.32 Å². The fraction of sp³-hybridized carbons (Fsp3) is 0.133. The number of nitrogens with two attached hydrogens (primary N) is 1. The standard InChI is InChI=1S/C30H23ClF4N2O3/c1-40-29(39)27(14-17-2-4-18(5-3-17)21-8-12-25(32)24(31)16-21)37-28(38)23-15-20(9-13-26(23)36)19-6-10-22(11-7-19)30(33,34)35/h2-13,15-16,27H,14,36H2,1H3,(H,37,38). The highest BCUT2D eigenvalue weighted by atomic mass is 35.5. The van der Waals surface area contributed by atoms with Crippen molar-refractivity contribution in [1.29, 1.82) is 0 Å². The molecule has 0 radical (unpaired) electrons. The molecule has 1 unspecified atom stereocenters. The number of rotatable bonds is 7. The first-order chi connectivity index (χ1) is 19.0. The first-order valence-corrected chi connectivity index (χ1v) is 12.3. The van der Waals surface area contributed by atoms with E-state index in [1.165, 1.54) is 43.5 Å². The number of benzene rings is 4. The lowest BCUT2D eigenvalue weighted by molar-refractivity contribution is -0.143. The second kappa shape index (κ2) is 11.8. The van der Waals surface area contributed by atoms with Crippen molar-refractivity contribution in [3.63, 3.8) is 0 Å². The van der Waals surface area contributed by atoms with Gasteiger partial charge in [0.25, 0.3) is 5.91 Å². The van der Waals surface area contributed by atoms with Crippen LogP contribution in [0.3, 0.4) is 0 Å². The number of methoxy groups -OCH3 is 1. The minimum absolute atomic E-state index is 0.00305. The second-order valence-corrected chi connectivity index (χ2v) is 9.36. The Morgan fingerprint density at radius 2 is 1.43 bits per heavy atom. The number of alkyl halides is 3. The number of ether oxygens (including phenoxy) is 1. The number of carbonyl (C=O) groups excluding carboxylic acids is 2. The lowest BCUT2D eigenvalue weighted by Crippen LogP contribution is -2.43. The smallest absolute Gasteiger partial charge is 0.416 e. The Labute approximate surface area is 232 Å². The Balaban J connectivity index is 1.53. The van der Waals surface area contributed by atoms with Crippen molar-refractivity contribution in [2.45, 2.75) is 18.6 Å². The molecule has 4 aromatic rings. The minimum atomic E-state index is -4.47. The van der Waals surface area contributed by atoms with E-state index in [4.69, 9.17) is 22.1 Å². The van der Waals surface area contributed by atoms with E-state index in [1.54, 1.807) is 36.4 Å². The summed E-state index contributed by atoms with van der Waals surface area (Å²) in [5, 5.41) is 2.64. The predicted octanol–water partition coefficient (Wildman–Crippen LogP) is 6.93. The van der Waals surface area contributed by atoms with E-state index in [-0.39, 0.29) is 22.7 Å².